The van der Waals surface area contributed by atoms with Gasteiger partial charge in [0, 0.05) is 6.54 Å². The maximum atomic E-state index is 13.4. The van der Waals surface area contributed by atoms with Crippen LogP contribution in [0.3, 0.4) is 0 Å². The topological polar surface area (TPSA) is 94.2 Å². The SMILES string of the molecule is COc1cc(CNC(=O)CN(c2cccc(Cl)c2Cl)S(=O)(=O)c2ccccc2)cc(OC)c1OC. The lowest BCUT2D eigenvalue weighted by Gasteiger charge is -2.25. The smallest absolute Gasteiger partial charge is 0.264 e. The number of halogens is 2. The monoisotopic (exact) mass is 538 g/mol. The minimum absolute atomic E-state index is 0.00784. The Hall–Kier alpha value is -3.14. The molecule has 0 saturated heterocycles. The van der Waals surface area contributed by atoms with E-state index in [4.69, 9.17) is 37.4 Å². The number of rotatable bonds is 10. The number of nitrogens with one attached hydrogen (secondary N) is 1. The molecule has 0 radical (unpaired) electrons. The molecule has 11 heteroatoms. The van der Waals surface area contributed by atoms with Crippen LogP contribution in [0.1, 0.15) is 5.56 Å². The van der Waals surface area contributed by atoms with Gasteiger partial charge in [0.1, 0.15) is 6.54 Å². The molecule has 1 amide bonds. The first-order valence-electron chi connectivity index (χ1n) is 10.3. The number of nitrogens with zero attached hydrogens (tertiary/aromatic N) is 1. The fourth-order valence-corrected chi connectivity index (χ4v) is 5.23. The van der Waals surface area contributed by atoms with Crippen LogP contribution in [0.25, 0.3) is 0 Å². The number of sulfonamides is 1. The molecule has 0 saturated carbocycles. The summed E-state index contributed by atoms with van der Waals surface area (Å²) in [5.41, 5.74) is 0.747. The van der Waals surface area contributed by atoms with E-state index in [2.05, 4.69) is 5.32 Å². The van der Waals surface area contributed by atoms with Gasteiger partial charge in [-0.15, -0.1) is 0 Å². The van der Waals surface area contributed by atoms with Gasteiger partial charge in [-0.2, -0.15) is 0 Å². The highest BCUT2D eigenvalue weighted by molar-refractivity contribution is 7.92. The molecule has 3 rings (SSSR count). The number of anilines is 1. The van der Waals surface area contributed by atoms with Crippen LogP contribution in [0.5, 0.6) is 17.2 Å². The fraction of sp³-hybridized carbons (Fsp3) is 0.208. The van der Waals surface area contributed by atoms with Gasteiger partial charge in [-0.1, -0.05) is 47.5 Å². The molecule has 0 aliphatic carbocycles. The second-order valence-corrected chi connectivity index (χ2v) is 9.86. The van der Waals surface area contributed by atoms with Crippen LogP contribution < -0.4 is 23.8 Å². The van der Waals surface area contributed by atoms with E-state index in [1.165, 1.54) is 45.6 Å². The van der Waals surface area contributed by atoms with Crippen molar-refractivity contribution in [3.8, 4) is 17.2 Å². The Balaban J connectivity index is 1.89. The van der Waals surface area contributed by atoms with Gasteiger partial charge in [0.2, 0.25) is 11.7 Å². The highest BCUT2D eigenvalue weighted by atomic mass is 35.5. The molecule has 0 bridgehead atoms. The van der Waals surface area contributed by atoms with E-state index in [0.717, 1.165) is 4.31 Å². The molecular weight excluding hydrogens is 515 g/mol. The van der Waals surface area contributed by atoms with Crippen molar-refractivity contribution < 1.29 is 27.4 Å². The van der Waals surface area contributed by atoms with Crippen LogP contribution in [-0.2, 0) is 21.4 Å². The van der Waals surface area contributed by atoms with Gasteiger partial charge >= 0.3 is 0 Å². The van der Waals surface area contributed by atoms with Crippen molar-refractivity contribution in [1.29, 1.82) is 0 Å². The second-order valence-electron chi connectivity index (χ2n) is 7.21. The first-order valence-corrected chi connectivity index (χ1v) is 12.5. The average Bonchev–Trinajstić information content (AvgIpc) is 2.87. The van der Waals surface area contributed by atoms with Crippen molar-refractivity contribution in [3.05, 3.63) is 76.3 Å². The van der Waals surface area contributed by atoms with Gasteiger partial charge in [0.15, 0.2) is 11.5 Å². The number of ether oxygens (including phenoxy) is 3. The van der Waals surface area contributed by atoms with E-state index in [9.17, 15) is 13.2 Å². The minimum Gasteiger partial charge on any atom is -0.493 e. The second kappa shape index (κ2) is 11.5. The predicted octanol–water partition coefficient (Wildman–Crippen LogP) is 4.53. The predicted molar refractivity (Wildman–Crippen MR) is 135 cm³/mol. The number of amides is 1. The highest BCUT2D eigenvalue weighted by Crippen LogP contribution is 2.38. The summed E-state index contributed by atoms with van der Waals surface area (Å²) in [7, 11) is 0.335. The van der Waals surface area contributed by atoms with E-state index in [0.29, 0.717) is 22.8 Å². The average molecular weight is 539 g/mol. The Morgan fingerprint density at radius 1 is 0.914 bits per heavy atom. The van der Waals surface area contributed by atoms with Crippen LogP contribution in [-0.4, -0.2) is 42.2 Å². The van der Waals surface area contributed by atoms with Gasteiger partial charge in [-0.25, -0.2) is 8.42 Å². The van der Waals surface area contributed by atoms with Gasteiger partial charge in [-0.3, -0.25) is 9.10 Å². The molecule has 0 aliphatic rings. The van der Waals surface area contributed by atoms with Gasteiger partial charge in [-0.05, 0) is 42.0 Å². The van der Waals surface area contributed by atoms with Gasteiger partial charge in [0.25, 0.3) is 10.0 Å². The summed E-state index contributed by atoms with van der Waals surface area (Å²) in [5, 5.41) is 2.91. The molecule has 1 N–H and O–H groups in total. The molecule has 0 spiro atoms. The largest absolute Gasteiger partial charge is 0.493 e. The molecule has 3 aromatic rings. The summed E-state index contributed by atoms with van der Waals surface area (Å²) in [6.45, 7) is -0.445. The first-order chi connectivity index (χ1) is 16.7. The molecule has 0 unspecified atom stereocenters. The molecular formula is C24H24Cl2N2O6S. The van der Waals surface area contributed by atoms with E-state index in [1.807, 2.05) is 0 Å². The molecule has 0 aromatic heterocycles. The Labute approximate surface area is 214 Å². The molecule has 35 heavy (non-hydrogen) atoms. The van der Waals surface area contributed by atoms with E-state index in [-0.39, 0.29) is 27.2 Å². The van der Waals surface area contributed by atoms with Crippen LogP contribution >= 0.6 is 23.2 Å². The molecule has 0 aliphatic heterocycles. The standard InChI is InChI=1S/C24H24Cl2N2O6S/c1-32-20-12-16(13-21(33-2)24(20)34-3)14-27-22(29)15-28(19-11-7-10-18(25)23(19)26)35(30,31)17-8-5-4-6-9-17/h4-13H,14-15H2,1-3H3,(H,27,29). The molecule has 3 aromatic carbocycles. The summed E-state index contributed by atoms with van der Waals surface area (Å²) >= 11 is 12.4. The van der Waals surface area contributed by atoms with Crippen LogP contribution in [0.15, 0.2) is 65.6 Å². The summed E-state index contributed by atoms with van der Waals surface area (Å²) in [6, 6.07) is 15.7. The van der Waals surface area contributed by atoms with E-state index < -0.39 is 22.5 Å². The Kier molecular flexibility index (Phi) is 8.71. The Morgan fingerprint density at radius 3 is 2.11 bits per heavy atom. The lowest BCUT2D eigenvalue weighted by atomic mass is 10.1. The zero-order valence-corrected chi connectivity index (χ0v) is 21.6. The first kappa shape index (κ1) is 26.5. The Morgan fingerprint density at radius 2 is 1.54 bits per heavy atom. The quantitative estimate of drug-likeness (QED) is 0.407. The van der Waals surface area contributed by atoms with E-state index >= 15 is 0 Å². The van der Waals surface area contributed by atoms with Crippen molar-refractivity contribution in [2.24, 2.45) is 0 Å². The normalized spacial score (nSPS) is 11.0. The maximum Gasteiger partial charge on any atom is 0.264 e. The lowest BCUT2D eigenvalue weighted by Crippen LogP contribution is -2.40. The molecule has 0 fully saturated rings. The van der Waals surface area contributed by atoms with Crippen LogP contribution in [0.2, 0.25) is 10.0 Å². The fourth-order valence-electron chi connectivity index (χ4n) is 3.33. The third-order valence-electron chi connectivity index (χ3n) is 5.03. The van der Waals surface area contributed by atoms with Crippen molar-refractivity contribution >= 4 is 44.8 Å². The highest BCUT2D eigenvalue weighted by Gasteiger charge is 2.29. The molecule has 0 heterocycles. The number of hydrogen-bond acceptors (Lipinski definition) is 6. The van der Waals surface area contributed by atoms with Crippen LogP contribution in [0.4, 0.5) is 5.69 Å². The number of hydrogen-bond donors (Lipinski definition) is 1. The number of carbonyl (C=O) groups is 1. The summed E-state index contributed by atoms with van der Waals surface area (Å²) < 4.78 is 43.8. The molecule has 8 nitrogen and oxygen atoms in total. The Bertz CT molecular complexity index is 1280. The van der Waals surface area contributed by atoms with Crippen molar-refractivity contribution in [2.45, 2.75) is 11.4 Å². The summed E-state index contributed by atoms with van der Waals surface area (Å²) in [4.78, 5) is 12.9. The number of benzene rings is 3. The lowest BCUT2D eigenvalue weighted by molar-refractivity contribution is -0.119. The summed E-state index contributed by atoms with van der Waals surface area (Å²) in [5.74, 6) is 0.709. The van der Waals surface area contributed by atoms with Crippen molar-refractivity contribution in [1.82, 2.24) is 5.32 Å². The van der Waals surface area contributed by atoms with Gasteiger partial charge in [0.05, 0.1) is 42.0 Å². The molecule has 186 valence electrons. The maximum absolute atomic E-state index is 13.4. The van der Waals surface area contributed by atoms with Gasteiger partial charge < -0.3 is 19.5 Å². The molecule has 0 atom stereocenters. The zero-order valence-electron chi connectivity index (χ0n) is 19.2. The number of methoxy groups -OCH3 is 3. The summed E-state index contributed by atoms with van der Waals surface area (Å²) in [6.07, 6.45) is 0. The van der Waals surface area contributed by atoms with Crippen molar-refractivity contribution in [2.75, 3.05) is 32.2 Å². The number of carbonyl (C=O) groups excluding carboxylic acids is 1. The zero-order chi connectivity index (χ0) is 25.6. The van der Waals surface area contributed by atoms with Crippen LogP contribution in [0, 0.1) is 0 Å². The third kappa shape index (κ3) is 5.93. The van der Waals surface area contributed by atoms with Crippen molar-refractivity contribution in [3.63, 3.8) is 0 Å². The minimum atomic E-state index is -4.13. The van der Waals surface area contributed by atoms with E-state index in [1.54, 1.807) is 36.4 Å². The third-order valence-corrected chi connectivity index (χ3v) is 7.62.